The highest BCUT2D eigenvalue weighted by Gasteiger charge is 2.51. The molecule has 1 fully saturated rings. The van der Waals surface area contributed by atoms with Gasteiger partial charge in [-0.15, -0.1) is 0 Å². The molecule has 1 rings (SSSR count). The molecule has 0 aromatic carbocycles. The van der Waals surface area contributed by atoms with Gasteiger partial charge in [0.15, 0.2) is 0 Å². The molecule has 1 saturated carbocycles. The molecule has 1 aliphatic rings. The molecule has 0 unspecified atom stereocenters. The van der Waals surface area contributed by atoms with Gasteiger partial charge in [0.05, 0.1) is 11.5 Å². The van der Waals surface area contributed by atoms with E-state index in [1.165, 1.54) is 6.92 Å². The largest absolute Gasteiger partial charge is 0.478 e. The van der Waals surface area contributed by atoms with Gasteiger partial charge in [0, 0.05) is 11.6 Å². The molecule has 2 N–H and O–H groups in total. The molecular weight excluding hydrogens is 242 g/mol. The van der Waals surface area contributed by atoms with Gasteiger partial charge < -0.3 is 10.2 Å². The maximum absolute atomic E-state index is 10.7. The van der Waals surface area contributed by atoms with E-state index in [4.69, 9.17) is 5.11 Å². The third kappa shape index (κ3) is 3.16. The molecule has 0 spiro atoms. The van der Waals surface area contributed by atoms with Crippen molar-refractivity contribution in [2.75, 3.05) is 0 Å². The average Bonchev–Trinajstić information content (AvgIpc) is 2.22. The highest BCUT2D eigenvalue weighted by molar-refractivity contribution is 5.81. The first kappa shape index (κ1) is 15.3. The number of allylic oxidation sites excluding steroid dienone is 1. The number of carbonyl (C=O) groups is 1. The maximum atomic E-state index is 10.7. The summed E-state index contributed by atoms with van der Waals surface area (Å²) in [5, 5.41) is 28.4. The van der Waals surface area contributed by atoms with Gasteiger partial charge in [0.1, 0.15) is 5.60 Å². The Hall–Kier alpha value is -1.78. The predicted octanol–water partition coefficient (Wildman–Crippen LogP) is 2.10. The Balaban J connectivity index is 3.04. The van der Waals surface area contributed by atoms with Crippen molar-refractivity contribution in [3.8, 4) is 17.9 Å². The van der Waals surface area contributed by atoms with E-state index in [0.29, 0.717) is 18.4 Å². The Bertz CT molecular complexity index is 494. The van der Waals surface area contributed by atoms with Gasteiger partial charge in [-0.25, -0.2) is 4.79 Å². The van der Waals surface area contributed by atoms with Crippen molar-refractivity contribution >= 4 is 5.97 Å². The SMILES string of the molecule is CC(C)/C(C#C[C@](C)(O)C1(C#N)CCC1)=C/C(=O)O. The Labute approximate surface area is 113 Å². The molecule has 0 aliphatic heterocycles. The van der Waals surface area contributed by atoms with Crippen molar-refractivity contribution in [1.29, 1.82) is 5.26 Å². The van der Waals surface area contributed by atoms with Crippen molar-refractivity contribution in [2.24, 2.45) is 11.3 Å². The van der Waals surface area contributed by atoms with E-state index in [1.807, 2.05) is 13.8 Å². The minimum absolute atomic E-state index is 0.0428. The van der Waals surface area contributed by atoms with Crippen LogP contribution < -0.4 is 0 Å². The maximum Gasteiger partial charge on any atom is 0.329 e. The number of aliphatic carboxylic acids is 1. The molecular formula is C15H19NO3. The first-order valence-electron chi connectivity index (χ1n) is 6.35. The lowest BCUT2D eigenvalue weighted by Gasteiger charge is -2.43. The van der Waals surface area contributed by atoms with Gasteiger partial charge in [-0.3, -0.25) is 0 Å². The molecule has 0 radical (unpaired) electrons. The lowest BCUT2D eigenvalue weighted by Crippen LogP contribution is -2.48. The summed E-state index contributed by atoms with van der Waals surface area (Å²) >= 11 is 0. The van der Waals surface area contributed by atoms with E-state index >= 15 is 0 Å². The smallest absolute Gasteiger partial charge is 0.329 e. The summed E-state index contributed by atoms with van der Waals surface area (Å²) < 4.78 is 0. The van der Waals surface area contributed by atoms with Crippen LogP contribution in [0.3, 0.4) is 0 Å². The summed E-state index contributed by atoms with van der Waals surface area (Å²) in [6.07, 6.45) is 3.22. The summed E-state index contributed by atoms with van der Waals surface area (Å²) in [5.74, 6) is 4.32. The van der Waals surface area contributed by atoms with Crippen LogP contribution in [-0.4, -0.2) is 21.8 Å². The summed E-state index contributed by atoms with van der Waals surface area (Å²) in [6, 6.07) is 2.16. The summed E-state index contributed by atoms with van der Waals surface area (Å²) in [4.78, 5) is 10.7. The Morgan fingerprint density at radius 2 is 2.05 bits per heavy atom. The van der Waals surface area contributed by atoms with Crippen LogP contribution in [0.25, 0.3) is 0 Å². The lowest BCUT2D eigenvalue weighted by atomic mass is 9.60. The van der Waals surface area contributed by atoms with Gasteiger partial charge in [0.25, 0.3) is 0 Å². The van der Waals surface area contributed by atoms with Crippen molar-refractivity contribution in [3.05, 3.63) is 11.6 Å². The van der Waals surface area contributed by atoms with Crippen LogP contribution in [0.5, 0.6) is 0 Å². The molecule has 0 heterocycles. The standard InChI is InChI=1S/C15H19NO3/c1-11(2)12(9-13(17)18)5-8-14(3,19)15(10-16)6-4-7-15/h9,11,19H,4,6-7H2,1-3H3,(H,17,18)/b12-9+/t14-/m0/s1. The zero-order valence-corrected chi connectivity index (χ0v) is 11.5. The molecule has 0 aromatic rings. The number of nitriles is 1. The fourth-order valence-corrected chi connectivity index (χ4v) is 2.03. The minimum Gasteiger partial charge on any atom is -0.478 e. The number of rotatable bonds is 3. The molecule has 0 bridgehead atoms. The molecule has 102 valence electrons. The Morgan fingerprint density at radius 1 is 1.47 bits per heavy atom. The number of hydrogen-bond donors (Lipinski definition) is 2. The Morgan fingerprint density at radius 3 is 2.37 bits per heavy atom. The number of carboxylic acids is 1. The van der Waals surface area contributed by atoms with Crippen LogP contribution in [0, 0.1) is 34.5 Å². The monoisotopic (exact) mass is 261 g/mol. The number of carboxylic acid groups (broad SMARTS) is 1. The fourth-order valence-electron chi connectivity index (χ4n) is 2.03. The van der Waals surface area contributed by atoms with Crippen molar-refractivity contribution < 1.29 is 15.0 Å². The average molecular weight is 261 g/mol. The van der Waals surface area contributed by atoms with Gasteiger partial charge in [-0.1, -0.05) is 25.7 Å². The van der Waals surface area contributed by atoms with E-state index in [-0.39, 0.29) is 5.92 Å². The van der Waals surface area contributed by atoms with E-state index in [1.54, 1.807) is 0 Å². The molecule has 0 amide bonds. The van der Waals surface area contributed by atoms with Gasteiger partial charge in [-0.05, 0) is 32.1 Å². The molecule has 19 heavy (non-hydrogen) atoms. The Kier molecular flexibility index (Phi) is 4.39. The van der Waals surface area contributed by atoms with Gasteiger partial charge in [0.2, 0.25) is 0 Å². The van der Waals surface area contributed by atoms with Crippen LogP contribution in [0.15, 0.2) is 11.6 Å². The van der Waals surface area contributed by atoms with Gasteiger partial charge in [-0.2, -0.15) is 5.26 Å². The van der Waals surface area contributed by atoms with E-state index in [2.05, 4.69) is 17.9 Å². The summed E-state index contributed by atoms with van der Waals surface area (Å²) in [5.41, 5.74) is -1.78. The van der Waals surface area contributed by atoms with E-state index in [0.717, 1.165) is 12.5 Å². The van der Waals surface area contributed by atoms with Crippen LogP contribution >= 0.6 is 0 Å². The lowest BCUT2D eigenvalue weighted by molar-refractivity contribution is -0.131. The first-order chi connectivity index (χ1) is 8.74. The predicted molar refractivity (Wildman–Crippen MR) is 70.9 cm³/mol. The summed E-state index contributed by atoms with van der Waals surface area (Å²) in [7, 11) is 0. The third-order valence-electron chi connectivity index (χ3n) is 3.70. The molecule has 0 aromatic heterocycles. The second-order valence-corrected chi connectivity index (χ2v) is 5.46. The van der Waals surface area contributed by atoms with Crippen molar-refractivity contribution in [3.63, 3.8) is 0 Å². The fraction of sp³-hybridized carbons (Fsp3) is 0.600. The van der Waals surface area contributed by atoms with Crippen LogP contribution in [0.2, 0.25) is 0 Å². The second kappa shape index (κ2) is 5.47. The van der Waals surface area contributed by atoms with Gasteiger partial charge >= 0.3 is 5.97 Å². The van der Waals surface area contributed by atoms with Crippen molar-refractivity contribution in [1.82, 2.24) is 0 Å². The van der Waals surface area contributed by atoms with E-state index < -0.39 is 17.0 Å². The zero-order valence-electron chi connectivity index (χ0n) is 11.5. The van der Waals surface area contributed by atoms with Crippen molar-refractivity contribution in [2.45, 2.75) is 45.6 Å². The van der Waals surface area contributed by atoms with Crippen LogP contribution in [0.4, 0.5) is 0 Å². The second-order valence-electron chi connectivity index (χ2n) is 5.46. The third-order valence-corrected chi connectivity index (χ3v) is 3.70. The molecule has 1 atom stereocenters. The summed E-state index contributed by atoms with van der Waals surface area (Å²) in [6.45, 7) is 5.20. The molecule has 4 nitrogen and oxygen atoms in total. The first-order valence-corrected chi connectivity index (χ1v) is 6.35. The highest BCUT2D eigenvalue weighted by atomic mass is 16.4. The topological polar surface area (TPSA) is 81.3 Å². The zero-order chi connectivity index (χ0) is 14.7. The molecule has 4 heteroatoms. The van der Waals surface area contributed by atoms with E-state index in [9.17, 15) is 15.2 Å². The number of nitrogens with zero attached hydrogens (tertiary/aromatic N) is 1. The van der Waals surface area contributed by atoms with Crippen LogP contribution in [0.1, 0.15) is 40.0 Å². The van der Waals surface area contributed by atoms with Crippen LogP contribution in [-0.2, 0) is 4.79 Å². The molecule has 1 aliphatic carbocycles. The number of aliphatic hydroxyl groups is 1. The molecule has 0 saturated heterocycles. The quantitative estimate of drug-likeness (QED) is 0.602. The normalized spacial score (nSPS) is 20.5. The minimum atomic E-state index is -1.41. The highest BCUT2D eigenvalue weighted by Crippen LogP contribution is 2.48. The number of hydrogen-bond acceptors (Lipinski definition) is 3.